The lowest BCUT2D eigenvalue weighted by Gasteiger charge is -2.51. The van der Waals surface area contributed by atoms with Crippen molar-refractivity contribution in [2.75, 3.05) is 0 Å². The summed E-state index contributed by atoms with van der Waals surface area (Å²) in [6, 6.07) is 1.38. The van der Waals surface area contributed by atoms with Crippen molar-refractivity contribution in [2.24, 2.45) is 17.1 Å². The first-order valence-electron chi connectivity index (χ1n) is 9.19. The van der Waals surface area contributed by atoms with Gasteiger partial charge in [-0.05, 0) is 35.8 Å². The molecule has 2 fully saturated rings. The number of carbonyl (C=O) groups is 1. The van der Waals surface area contributed by atoms with Gasteiger partial charge in [-0.15, -0.1) is 0 Å². The first-order chi connectivity index (χ1) is 11.6. The molecule has 1 saturated carbocycles. The number of ether oxygens (including phenoxy) is 1. The van der Waals surface area contributed by atoms with E-state index in [1.165, 1.54) is 0 Å². The van der Waals surface area contributed by atoms with Gasteiger partial charge in [-0.2, -0.15) is 0 Å². The molecule has 4 N–H and O–H groups in total. The predicted octanol–water partition coefficient (Wildman–Crippen LogP) is 3.22. The van der Waals surface area contributed by atoms with Crippen LogP contribution in [0.15, 0.2) is 6.07 Å². The van der Waals surface area contributed by atoms with Crippen LogP contribution >= 0.6 is 0 Å². The van der Waals surface area contributed by atoms with E-state index in [9.17, 15) is 15.0 Å². The highest BCUT2D eigenvalue weighted by atomic mass is 16.6. The molecule has 2 bridgehead atoms. The molecule has 5 nitrogen and oxygen atoms in total. The highest BCUT2D eigenvalue weighted by Gasteiger charge is 2.69. The summed E-state index contributed by atoms with van der Waals surface area (Å²) in [7, 11) is 0. The van der Waals surface area contributed by atoms with E-state index in [2.05, 4.69) is 13.8 Å². The molecule has 0 amide bonds. The number of phenolic OH excluding ortho intramolecular Hbond substituents is 2. The summed E-state index contributed by atoms with van der Waals surface area (Å²) < 4.78 is 5.79. The van der Waals surface area contributed by atoms with Gasteiger partial charge in [0.05, 0.1) is 6.04 Å². The monoisotopic (exact) mass is 345 g/mol. The molecule has 0 unspecified atom stereocenters. The Hall–Kier alpha value is -1.75. The predicted molar refractivity (Wildman–Crippen MR) is 93.5 cm³/mol. The number of fused-ring (bicyclic) bond motifs is 1. The van der Waals surface area contributed by atoms with Crippen LogP contribution in [-0.4, -0.2) is 22.3 Å². The molecular formula is C20H27NO4. The first-order valence-corrected chi connectivity index (χ1v) is 9.19. The van der Waals surface area contributed by atoms with Gasteiger partial charge in [-0.25, -0.2) is 0 Å². The maximum atomic E-state index is 13.0. The van der Waals surface area contributed by atoms with Crippen molar-refractivity contribution >= 4 is 5.97 Å². The maximum absolute atomic E-state index is 13.0. The zero-order chi connectivity index (χ0) is 18.3. The second kappa shape index (κ2) is 4.91. The Morgan fingerprint density at radius 3 is 2.56 bits per heavy atom. The zero-order valence-electron chi connectivity index (χ0n) is 15.3. The van der Waals surface area contributed by atoms with Crippen molar-refractivity contribution in [3.63, 3.8) is 0 Å². The van der Waals surface area contributed by atoms with E-state index in [0.29, 0.717) is 17.5 Å². The van der Waals surface area contributed by atoms with Crippen LogP contribution in [0.25, 0.3) is 0 Å². The van der Waals surface area contributed by atoms with Crippen molar-refractivity contribution in [1.82, 2.24) is 0 Å². The minimum absolute atomic E-state index is 0.0377. The van der Waals surface area contributed by atoms with Crippen LogP contribution < -0.4 is 5.73 Å². The quantitative estimate of drug-likeness (QED) is 0.537. The molecule has 0 aromatic heterocycles. The van der Waals surface area contributed by atoms with Crippen molar-refractivity contribution in [3.8, 4) is 11.5 Å². The average Bonchev–Trinajstić information content (AvgIpc) is 2.79. The summed E-state index contributed by atoms with van der Waals surface area (Å²) in [6.07, 6.45) is 2.13. The van der Waals surface area contributed by atoms with E-state index in [1.54, 1.807) is 0 Å². The molecule has 5 heteroatoms. The third kappa shape index (κ3) is 1.85. The lowest BCUT2D eigenvalue weighted by atomic mass is 9.49. The van der Waals surface area contributed by atoms with Gasteiger partial charge in [0.15, 0.2) is 11.5 Å². The van der Waals surface area contributed by atoms with Crippen molar-refractivity contribution < 1.29 is 19.7 Å². The SMILES string of the molecule is CC(C)c1cc2c(c(O)c1O)[C@]13CCCC(C)(C)[C@H]1[C@@H](OC3=O)[C@H]2N. The van der Waals surface area contributed by atoms with Crippen LogP contribution in [0.1, 0.15) is 75.6 Å². The van der Waals surface area contributed by atoms with Gasteiger partial charge in [-0.3, -0.25) is 4.79 Å². The van der Waals surface area contributed by atoms with E-state index in [4.69, 9.17) is 10.5 Å². The summed E-state index contributed by atoms with van der Waals surface area (Å²) in [5, 5.41) is 21.5. The van der Waals surface area contributed by atoms with Gasteiger partial charge in [-0.1, -0.05) is 34.1 Å². The number of carbonyl (C=O) groups excluding carboxylic acids is 1. The summed E-state index contributed by atoms with van der Waals surface area (Å²) in [5.74, 6) is -0.654. The van der Waals surface area contributed by atoms with Gasteiger partial charge in [0.2, 0.25) is 0 Å². The van der Waals surface area contributed by atoms with Crippen molar-refractivity contribution in [3.05, 3.63) is 22.8 Å². The molecule has 1 aromatic carbocycles. The Balaban J connectivity index is 2.06. The second-order valence-corrected chi connectivity index (χ2v) is 8.97. The summed E-state index contributed by atoms with van der Waals surface area (Å²) in [6.45, 7) is 8.21. The summed E-state index contributed by atoms with van der Waals surface area (Å²) in [5.41, 5.74) is 7.44. The average molecular weight is 345 g/mol. The fraction of sp³-hybridized carbons (Fsp3) is 0.650. The minimum Gasteiger partial charge on any atom is -0.504 e. The van der Waals surface area contributed by atoms with Crippen molar-refractivity contribution in [1.29, 1.82) is 0 Å². The zero-order valence-corrected chi connectivity index (χ0v) is 15.3. The van der Waals surface area contributed by atoms with E-state index in [0.717, 1.165) is 18.4 Å². The Labute approximate surface area is 148 Å². The fourth-order valence-corrected chi connectivity index (χ4v) is 5.76. The lowest BCUT2D eigenvalue weighted by molar-refractivity contribution is -0.146. The Kier molecular flexibility index (Phi) is 3.28. The number of benzene rings is 1. The topological polar surface area (TPSA) is 92.8 Å². The molecule has 1 heterocycles. The lowest BCUT2D eigenvalue weighted by Crippen LogP contribution is -2.55. The van der Waals surface area contributed by atoms with Gasteiger partial charge >= 0.3 is 5.97 Å². The number of rotatable bonds is 1. The molecular weight excluding hydrogens is 318 g/mol. The van der Waals surface area contributed by atoms with Crippen LogP contribution in [0.3, 0.4) is 0 Å². The Bertz CT molecular complexity index is 769. The second-order valence-electron chi connectivity index (χ2n) is 8.97. The molecule has 0 spiro atoms. The third-order valence-corrected chi connectivity index (χ3v) is 6.82. The van der Waals surface area contributed by atoms with Crippen LogP contribution in [0.2, 0.25) is 0 Å². The van der Waals surface area contributed by atoms with Crippen LogP contribution in [0.5, 0.6) is 11.5 Å². The molecule has 25 heavy (non-hydrogen) atoms. The van der Waals surface area contributed by atoms with Crippen molar-refractivity contribution in [2.45, 2.75) is 70.4 Å². The fourth-order valence-electron chi connectivity index (χ4n) is 5.76. The highest BCUT2D eigenvalue weighted by molar-refractivity contribution is 5.90. The third-order valence-electron chi connectivity index (χ3n) is 6.82. The number of phenols is 2. The molecule has 136 valence electrons. The van der Waals surface area contributed by atoms with Gasteiger partial charge in [0, 0.05) is 17.0 Å². The van der Waals surface area contributed by atoms with E-state index < -0.39 is 11.5 Å². The number of hydrogen-bond acceptors (Lipinski definition) is 5. The minimum atomic E-state index is -0.894. The molecule has 1 aliphatic heterocycles. The molecule has 2 aliphatic carbocycles. The molecule has 3 aliphatic rings. The summed E-state index contributed by atoms with van der Waals surface area (Å²) >= 11 is 0. The van der Waals surface area contributed by atoms with Gasteiger partial charge < -0.3 is 20.7 Å². The number of esters is 1. The van der Waals surface area contributed by atoms with E-state index in [-0.39, 0.29) is 40.8 Å². The molecule has 4 atom stereocenters. The maximum Gasteiger partial charge on any atom is 0.317 e. The molecule has 0 radical (unpaired) electrons. The normalized spacial score (nSPS) is 35.3. The smallest absolute Gasteiger partial charge is 0.317 e. The van der Waals surface area contributed by atoms with Gasteiger partial charge in [0.25, 0.3) is 0 Å². The van der Waals surface area contributed by atoms with Crippen LogP contribution in [0, 0.1) is 11.3 Å². The number of aromatic hydroxyl groups is 2. The Morgan fingerprint density at radius 1 is 1.24 bits per heavy atom. The number of nitrogens with two attached hydrogens (primary N) is 1. The highest BCUT2D eigenvalue weighted by Crippen LogP contribution is 2.66. The van der Waals surface area contributed by atoms with E-state index in [1.807, 2.05) is 19.9 Å². The van der Waals surface area contributed by atoms with Gasteiger partial charge in [0.1, 0.15) is 11.5 Å². The summed E-state index contributed by atoms with van der Waals surface area (Å²) in [4.78, 5) is 13.0. The van der Waals surface area contributed by atoms with Crippen LogP contribution in [0.4, 0.5) is 0 Å². The number of hydrogen-bond donors (Lipinski definition) is 3. The Morgan fingerprint density at radius 2 is 1.92 bits per heavy atom. The molecule has 1 aromatic rings. The van der Waals surface area contributed by atoms with Crippen LogP contribution in [-0.2, 0) is 14.9 Å². The molecule has 4 rings (SSSR count). The van der Waals surface area contributed by atoms with E-state index >= 15 is 0 Å². The largest absolute Gasteiger partial charge is 0.504 e. The standard InChI is InChI=1S/C20H27NO4/c1-9(2)10-8-11-12(15(23)14(10)22)20-7-5-6-19(3,4)17(20)16(13(11)21)25-18(20)24/h8-9,13,16-17,22-23H,5-7,21H2,1-4H3/t13-,16-,17+,20+/m0/s1. The first kappa shape index (κ1) is 16.7. The molecule has 1 saturated heterocycles.